The quantitative estimate of drug-likeness (QED) is 0.274. The van der Waals surface area contributed by atoms with Crippen LogP contribution in [0, 0.1) is 0 Å². The molecule has 4 nitrogen and oxygen atoms in total. The Morgan fingerprint density at radius 1 is 0.611 bits per heavy atom. The molecule has 2 atom stereocenters. The lowest BCUT2D eigenvalue weighted by Gasteiger charge is -2.30. The van der Waals surface area contributed by atoms with Crippen LogP contribution in [0.15, 0.2) is 48.5 Å². The predicted molar refractivity (Wildman–Crippen MR) is 150 cm³/mol. The third-order valence-corrected chi connectivity index (χ3v) is 13.5. The molecule has 0 amide bonds. The van der Waals surface area contributed by atoms with Gasteiger partial charge < -0.3 is 9.47 Å². The maximum Gasteiger partial charge on any atom is 0.349 e. The van der Waals surface area contributed by atoms with Gasteiger partial charge in [0.1, 0.15) is 11.5 Å². The Morgan fingerprint density at radius 2 is 0.972 bits per heavy atom. The zero-order valence-electron chi connectivity index (χ0n) is 22.0. The summed E-state index contributed by atoms with van der Waals surface area (Å²) in [6.07, 6.45) is 13.6. The Hall–Kier alpha value is -1.76. The number of rotatable bonds is 11. The molecule has 36 heavy (non-hydrogen) atoms. The van der Waals surface area contributed by atoms with Gasteiger partial charge in [-0.05, 0) is 74.6 Å². The summed E-state index contributed by atoms with van der Waals surface area (Å²) < 4.78 is 39.3. The molecule has 0 aliphatic heterocycles. The van der Waals surface area contributed by atoms with Crippen molar-refractivity contribution < 1.29 is 18.6 Å². The van der Waals surface area contributed by atoms with Crippen molar-refractivity contribution in [2.75, 3.05) is 26.5 Å². The summed E-state index contributed by atoms with van der Waals surface area (Å²) in [6.45, 7) is 0. The summed E-state index contributed by atoms with van der Waals surface area (Å²) >= 11 is 0. The fraction of sp³-hybridized carbons (Fsp3) is 0.600. The van der Waals surface area contributed by atoms with E-state index in [9.17, 15) is 9.13 Å². The Bertz CT molecular complexity index is 955. The van der Waals surface area contributed by atoms with Gasteiger partial charge in [-0.15, -0.1) is 0 Å². The Kier molecular flexibility index (Phi) is 9.59. The fourth-order valence-electron chi connectivity index (χ4n) is 6.51. The second-order valence-electron chi connectivity index (χ2n) is 10.8. The van der Waals surface area contributed by atoms with Crippen molar-refractivity contribution in [3.63, 3.8) is 0 Å². The van der Waals surface area contributed by atoms with Crippen LogP contribution in [0.4, 0.5) is 0 Å². The highest BCUT2D eigenvalue weighted by Crippen LogP contribution is 2.56. The molecule has 2 aromatic rings. The van der Waals surface area contributed by atoms with Crippen LogP contribution < -0.4 is 9.47 Å². The van der Waals surface area contributed by atoms with Crippen LogP contribution in [-0.2, 0) is 22.0 Å². The predicted octanol–water partition coefficient (Wildman–Crippen LogP) is 8.55. The van der Waals surface area contributed by atoms with Crippen LogP contribution in [-0.4, -0.2) is 36.9 Å². The maximum absolute atomic E-state index is 14.0. The van der Waals surface area contributed by atoms with Crippen molar-refractivity contribution in [3.05, 3.63) is 59.7 Å². The van der Waals surface area contributed by atoms with Crippen molar-refractivity contribution in [2.45, 2.75) is 87.4 Å². The third kappa shape index (κ3) is 6.20. The molecule has 0 heterocycles. The molecule has 0 aromatic heterocycles. The van der Waals surface area contributed by atoms with Crippen molar-refractivity contribution in [2.24, 2.45) is 0 Å². The van der Waals surface area contributed by atoms with E-state index in [4.69, 9.17) is 9.47 Å². The van der Waals surface area contributed by atoms with Crippen LogP contribution in [0.1, 0.15) is 75.3 Å². The van der Waals surface area contributed by atoms with Gasteiger partial charge in [-0.1, -0.05) is 58.4 Å². The summed E-state index contributed by atoms with van der Waals surface area (Å²) in [5, 5.41) is -0.415. The Morgan fingerprint density at radius 3 is 1.33 bits per heavy atom. The lowest BCUT2D eigenvalue weighted by atomic mass is 9.83. The standard InChI is InChI=1S/C30H42O4P2/c1-33-27-15-7-5-13-25(27)23-29(17-9-3-10-18-29)35(31)21-22-36(32)30(19-11-4-12-20-30)24-26-14-6-8-16-28(26)34-2/h5-8,13-16H,3-4,9-12,17-24H2,1-2H3/q+2. The summed E-state index contributed by atoms with van der Waals surface area (Å²) in [7, 11) is 0.456. The van der Waals surface area contributed by atoms with E-state index in [-0.39, 0.29) is 10.3 Å². The fourth-order valence-corrected chi connectivity index (χ4v) is 11.2. The summed E-state index contributed by atoms with van der Waals surface area (Å²) in [5.74, 6) is 1.77. The normalized spacial score (nSPS) is 19.8. The van der Waals surface area contributed by atoms with Crippen molar-refractivity contribution >= 4 is 15.6 Å². The number of ether oxygens (including phenoxy) is 2. The Balaban J connectivity index is 1.50. The molecule has 2 aromatic carbocycles. The number of hydrogen-bond donors (Lipinski definition) is 0. The molecule has 2 fully saturated rings. The van der Waals surface area contributed by atoms with Gasteiger partial charge in [0, 0.05) is 12.8 Å². The zero-order chi connectivity index (χ0) is 25.4. The van der Waals surface area contributed by atoms with Gasteiger partial charge in [-0.2, -0.15) is 0 Å². The molecule has 2 unspecified atom stereocenters. The first-order valence-electron chi connectivity index (χ1n) is 13.7. The number of methoxy groups -OCH3 is 2. The first-order valence-corrected chi connectivity index (χ1v) is 16.5. The van der Waals surface area contributed by atoms with Crippen molar-refractivity contribution in [1.29, 1.82) is 0 Å². The van der Waals surface area contributed by atoms with E-state index in [1.165, 1.54) is 12.8 Å². The highest BCUT2D eigenvalue weighted by molar-refractivity contribution is 7.51. The molecule has 0 bridgehead atoms. The van der Waals surface area contributed by atoms with Gasteiger partial charge in [-0.25, -0.2) is 0 Å². The summed E-state index contributed by atoms with van der Waals surface area (Å²) in [4.78, 5) is 0. The van der Waals surface area contributed by atoms with Gasteiger partial charge in [0.25, 0.3) is 0 Å². The van der Waals surface area contributed by atoms with Gasteiger partial charge in [-0.3, -0.25) is 0 Å². The van der Waals surface area contributed by atoms with E-state index in [2.05, 4.69) is 12.1 Å². The molecular formula is C30H42O4P2+2. The monoisotopic (exact) mass is 528 g/mol. The molecule has 194 valence electrons. The van der Waals surface area contributed by atoms with E-state index >= 15 is 0 Å². The van der Waals surface area contributed by atoms with Gasteiger partial charge in [0.05, 0.1) is 14.2 Å². The first-order chi connectivity index (χ1) is 17.5. The minimum Gasteiger partial charge on any atom is -0.496 e. The van der Waals surface area contributed by atoms with Crippen LogP contribution in [0.3, 0.4) is 0 Å². The van der Waals surface area contributed by atoms with Crippen LogP contribution in [0.25, 0.3) is 0 Å². The van der Waals surface area contributed by atoms with Crippen LogP contribution in [0.5, 0.6) is 11.5 Å². The van der Waals surface area contributed by atoms with E-state index in [1.54, 1.807) is 14.2 Å². The van der Waals surface area contributed by atoms with Crippen molar-refractivity contribution in [1.82, 2.24) is 0 Å². The molecule has 0 radical (unpaired) electrons. The number of hydrogen-bond acceptors (Lipinski definition) is 4. The van der Waals surface area contributed by atoms with E-state index in [0.29, 0.717) is 12.3 Å². The second-order valence-corrected chi connectivity index (χ2v) is 15.1. The lowest BCUT2D eigenvalue weighted by Crippen LogP contribution is -2.33. The van der Waals surface area contributed by atoms with E-state index in [0.717, 1.165) is 86.8 Å². The summed E-state index contributed by atoms with van der Waals surface area (Å²) in [6, 6.07) is 16.3. The second kappa shape index (κ2) is 12.7. The molecule has 0 saturated heterocycles. The number of benzene rings is 2. The molecule has 0 spiro atoms. The zero-order valence-corrected chi connectivity index (χ0v) is 23.8. The minimum atomic E-state index is -1.48. The highest BCUT2D eigenvalue weighted by atomic mass is 31.1. The SMILES string of the molecule is COc1ccccc1CC1([P+](=O)CC[P+](=O)C2(Cc3ccccc3OC)CCCCC2)CCCCC1. The molecule has 2 saturated carbocycles. The number of para-hydroxylation sites is 2. The first kappa shape index (κ1) is 27.3. The van der Waals surface area contributed by atoms with Crippen LogP contribution in [0.2, 0.25) is 0 Å². The van der Waals surface area contributed by atoms with Gasteiger partial charge >= 0.3 is 15.6 Å². The molecule has 6 heteroatoms. The smallest absolute Gasteiger partial charge is 0.349 e. The van der Waals surface area contributed by atoms with Crippen LogP contribution >= 0.6 is 15.6 Å². The lowest BCUT2D eigenvalue weighted by molar-refractivity contribution is 0.363. The largest absolute Gasteiger partial charge is 0.496 e. The molecule has 0 N–H and O–H groups in total. The summed E-state index contributed by atoms with van der Waals surface area (Å²) in [5.41, 5.74) is 2.30. The van der Waals surface area contributed by atoms with Gasteiger partial charge in [0.15, 0.2) is 22.6 Å². The van der Waals surface area contributed by atoms with Gasteiger partial charge in [0.2, 0.25) is 0 Å². The molecular weight excluding hydrogens is 486 g/mol. The topological polar surface area (TPSA) is 52.6 Å². The molecule has 2 aliphatic carbocycles. The van der Waals surface area contributed by atoms with E-state index in [1.807, 2.05) is 36.4 Å². The van der Waals surface area contributed by atoms with E-state index < -0.39 is 15.6 Å². The minimum absolute atomic E-state index is 0.208. The third-order valence-electron chi connectivity index (χ3n) is 8.56. The van der Waals surface area contributed by atoms with Crippen molar-refractivity contribution in [3.8, 4) is 11.5 Å². The Labute approximate surface area is 219 Å². The maximum atomic E-state index is 14.0. The molecule has 2 aliphatic rings. The average Bonchev–Trinajstić information content (AvgIpc) is 2.93. The highest BCUT2D eigenvalue weighted by Gasteiger charge is 2.54. The molecule has 4 rings (SSSR count). The average molecular weight is 529 g/mol.